The molecule has 1 fully saturated rings. The number of likely N-dealkylation sites (tertiary alicyclic amines) is 1. The summed E-state index contributed by atoms with van der Waals surface area (Å²) in [6, 6.07) is -0.720. The summed E-state index contributed by atoms with van der Waals surface area (Å²) in [5, 5.41) is 2.84. The summed E-state index contributed by atoms with van der Waals surface area (Å²) in [6.45, 7) is 3.28. The van der Waals surface area contributed by atoms with Gasteiger partial charge in [0.05, 0.1) is 19.1 Å². The first kappa shape index (κ1) is 15.0. The van der Waals surface area contributed by atoms with E-state index in [9.17, 15) is 18.4 Å². The number of nitrogens with one attached hydrogen (secondary N) is 1. The van der Waals surface area contributed by atoms with E-state index < -0.39 is 19.1 Å². The third-order valence-corrected chi connectivity index (χ3v) is 2.58. The highest BCUT2D eigenvalue weighted by molar-refractivity contribution is 6.05. The highest BCUT2D eigenvalue weighted by Gasteiger charge is 2.39. The molecule has 1 aliphatic rings. The van der Waals surface area contributed by atoms with Crippen molar-refractivity contribution in [3.8, 4) is 0 Å². The van der Waals surface area contributed by atoms with E-state index in [2.05, 4.69) is 10.1 Å². The maximum Gasteiger partial charge on any atom is 0.261 e. The molecule has 1 saturated heterocycles. The van der Waals surface area contributed by atoms with E-state index in [1.54, 1.807) is 13.8 Å². The molecule has 1 N–H and O–H groups in total. The lowest BCUT2D eigenvalue weighted by Gasteiger charge is -2.19. The number of hydrogen-bond donors (Lipinski definition) is 1. The van der Waals surface area contributed by atoms with Crippen molar-refractivity contribution in [1.82, 2.24) is 10.2 Å². The maximum atomic E-state index is 11.8. The number of amides is 2. The monoisotopic (exact) mass is 264 g/mol. The van der Waals surface area contributed by atoms with Crippen LogP contribution in [-0.2, 0) is 14.3 Å². The van der Waals surface area contributed by atoms with Crippen LogP contribution in [0.25, 0.3) is 0 Å². The van der Waals surface area contributed by atoms with Crippen LogP contribution < -0.4 is 5.32 Å². The number of nitrogens with zero attached hydrogens (tertiary/aromatic N) is 1. The quantitative estimate of drug-likeness (QED) is 0.534. The molecule has 0 saturated carbocycles. The number of hydrogen-bond acceptors (Lipinski definition) is 4. The van der Waals surface area contributed by atoms with Gasteiger partial charge in [0.25, 0.3) is 6.43 Å². The Balaban J connectivity index is 2.28. The van der Waals surface area contributed by atoms with Crippen LogP contribution in [0.15, 0.2) is 0 Å². The lowest BCUT2D eigenvalue weighted by Crippen LogP contribution is -2.42. The van der Waals surface area contributed by atoms with Crippen LogP contribution in [0.3, 0.4) is 0 Å². The summed E-state index contributed by atoms with van der Waals surface area (Å²) in [4.78, 5) is 24.6. The SMILES string of the molecule is CC(C)N1C(=O)CC(NCCOCC(F)F)C1=O. The van der Waals surface area contributed by atoms with Crippen molar-refractivity contribution >= 4 is 11.8 Å². The average molecular weight is 264 g/mol. The van der Waals surface area contributed by atoms with E-state index in [0.717, 1.165) is 0 Å². The summed E-state index contributed by atoms with van der Waals surface area (Å²) in [5.41, 5.74) is 0. The molecule has 1 aliphatic heterocycles. The van der Waals surface area contributed by atoms with E-state index in [4.69, 9.17) is 0 Å². The van der Waals surface area contributed by atoms with Gasteiger partial charge in [0.15, 0.2) is 0 Å². The topological polar surface area (TPSA) is 58.6 Å². The molecule has 1 rings (SSSR count). The largest absolute Gasteiger partial charge is 0.374 e. The molecular formula is C11H18F2N2O3. The first-order valence-corrected chi connectivity index (χ1v) is 5.88. The van der Waals surface area contributed by atoms with E-state index >= 15 is 0 Å². The molecule has 1 atom stereocenters. The molecule has 18 heavy (non-hydrogen) atoms. The fourth-order valence-electron chi connectivity index (χ4n) is 1.83. The Morgan fingerprint density at radius 3 is 2.61 bits per heavy atom. The van der Waals surface area contributed by atoms with Crippen molar-refractivity contribution in [3.05, 3.63) is 0 Å². The molecule has 0 radical (unpaired) electrons. The number of halogens is 2. The summed E-state index contributed by atoms with van der Waals surface area (Å²) < 4.78 is 28.2. The van der Waals surface area contributed by atoms with Gasteiger partial charge in [0.2, 0.25) is 11.8 Å². The predicted molar refractivity (Wildman–Crippen MR) is 60.2 cm³/mol. The Morgan fingerprint density at radius 1 is 1.44 bits per heavy atom. The predicted octanol–water partition coefficient (Wildman–Crippen LogP) is 0.394. The van der Waals surface area contributed by atoms with Gasteiger partial charge in [-0.1, -0.05) is 0 Å². The fraction of sp³-hybridized carbons (Fsp3) is 0.818. The fourth-order valence-corrected chi connectivity index (χ4v) is 1.83. The molecular weight excluding hydrogens is 246 g/mol. The number of carbonyl (C=O) groups is 2. The second-order valence-electron chi connectivity index (χ2n) is 4.37. The van der Waals surface area contributed by atoms with Gasteiger partial charge in [-0.15, -0.1) is 0 Å². The molecule has 0 aromatic carbocycles. The van der Waals surface area contributed by atoms with Crippen LogP contribution in [-0.4, -0.2) is 55.0 Å². The molecule has 0 aromatic rings. The van der Waals surface area contributed by atoms with Crippen LogP contribution in [0.4, 0.5) is 8.78 Å². The number of imide groups is 1. The van der Waals surface area contributed by atoms with Crippen LogP contribution in [0.5, 0.6) is 0 Å². The Morgan fingerprint density at radius 2 is 2.11 bits per heavy atom. The lowest BCUT2D eigenvalue weighted by molar-refractivity contribution is -0.140. The lowest BCUT2D eigenvalue weighted by atomic mass is 10.2. The van der Waals surface area contributed by atoms with Crippen LogP contribution in [0.1, 0.15) is 20.3 Å². The molecule has 7 heteroatoms. The zero-order chi connectivity index (χ0) is 13.7. The van der Waals surface area contributed by atoms with Gasteiger partial charge in [-0.3, -0.25) is 14.5 Å². The Labute approximate surface area is 104 Å². The number of rotatable bonds is 7. The zero-order valence-electron chi connectivity index (χ0n) is 10.5. The summed E-state index contributed by atoms with van der Waals surface area (Å²) >= 11 is 0. The third kappa shape index (κ3) is 3.99. The molecule has 0 aromatic heterocycles. The van der Waals surface area contributed by atoms with Crippen molar-refractivity contribution in [2.45, 2.75) is 38.8 Å². The van der Waals surface area contributed by atoms with Crippen molar-refractivity contribution in [2.24, 2.45) is 0 Å². The molecule has 0 aliphatic carbocycles. The highest BCUT2D eigenvalue weighted by atomic mass is 19.3. The van der Waals surface area contributed by atoms with Crippen molar-refractivity contribution in [1.29, 1.82) is 0 Å². The van der Waals surface area contributed by atoms with Crippen LogP contribution >= 0.6 is 0 Å². The van der Waals surface area contributed by atoms with Gasteiger partial charge in [0.1, 0.15) is 6.61 Å². The minimum atomic E-state index is -2.49. The van der Waals surface area contributed by atoms with Gasteiger partial charge < -0.3 is 10.1 Å². The average Bonchev–Trinajstić information content (AvgIpc) is 2.53. The van der Waals surface area contributed by atoms with Crippen LogP contribution in [0.2, 0.25) is 0 Å². The van der Waals surface area contributed by atoms with E-state index in [1.165, 1.54) is 4.90 Å². The van der Waals surface area contributed by atoms with Crippen molar-refractivity contribution in [2.75, 3.05) is 19.8 Å². The molecule has 0 bridgehead atoms. The van der Waals surface area contributed by atoms with Gasteiger partial charge in [-0.2, -0.15) is 0 Å². The first-order valence-electron chi connectivity index (χ1n) is 5.88. The summed E-state index contributed by atoms with van der Waals surface area (Å²) in [6.07, 6.45) is -2.37. The summed E-state index contributed by atoms with van der Waals surface area (Å²) in [5.74, 6) is -0.468. The molecule has 2 amide bonds. The Hall–Kier alpha value is -1.08. The van der Waals surface area contributed by atoms with Gasteiger partial charge in [-0.25, -0.2) is 8.78 Å². The van der Waals surface area contributed by atoms with Crippen molar-refractivity contribution < 1.29 is 23.1 Å². The standard InChI is InChI=1S/C11H18F2N2O3/c1-7(2)15-10(16)5-8(11(15)17)14-3-4-18-6-9(12)13/h7-9,14H,3-6H2,1-2H3. The first-order chi connectivity index (χ1) is 8.43. The number of alkyl halides is 2. The second kappa shape index (κ2) is 6.75. The van der Waals surface area contributed by atoms with E-state index in [-0.39, 0.29) is 37.4 Å². The van der Waals surface area contributed by atoms with Gasteiger partial charge in [-0.05, 0) is 13.8 Å². The van der Waals surface area contributed by atoms with Gasteiger partial charge in [0, 0.05) is 12.6 Å². The van der Waals surface area contributed by atoms with Crippen LogP contribution in [0, 0.1) is 0 Å². The molecule has 1 unspecified atom stereocenters. The zero-order valence-corrected chi connectivity index (χ0v) is 10.5. The third-order valence-electron chi connectivity index (χ3n) is 2.58. The Kier molecular flexibility index (Phi) is 5.61. The van der Waals surface area contributed by atoms with E-state index in [1.807, 2.05) is 0 Å². The van der Waals surface area contributed by atoms with Gasteiger partial charge >= 0.3 is 0 Å². The maximum absolute atomic E-state index is 11.8. The summed E-state index contributed by atoms with van der Waals surface area (Å²) in [7, 11) is 0. The number of carbonyl (C=O) groups excluding carboxylic acids is 2. The van der Waals surface area contributed by atoms with E-state index in [0.29, 0.717) is 0 Å². The minimum Gasteiger partial charge on any atom is -0.374 e. The second-order valence-corrected chi connectivity index (χ2v) is 4.37. The Bertz CT molecular complexity index is 311. The number of ether oxygens (including phenoxy) is 1. The molecule has 0 spiro atoms. The molecule has 5 nitrogen and oxygen atoms in total. The smallest absolute Gasteiger partial charge is 0.261 e. The molecule has 104 valence electrons. The normalized spacial score (nSPS) is 20.6. The highest BCUT2D eigenvalue weighted by Crippen LogP contribution is 2.15. The molecule has 1 heterocycles. The minimum absolute atomic E-state index is 0.0873. The van der Waals surface area contributed by atoms with Crippen molar-refractivity contribution in [3.63, 3.8) is 0 Å².